The van der Waals surface area contributed by atoms with Gasteiger partial charge in [-0.05, 0) is 38.5 Å². The molecule has 0 spiro atoms. The van der Waals surface area contributed by atoms with Gasteiger partial charge in [-0.3, -0.25) is 13.8 Å². The summed E-state index contributed by atoms with van der Waals surface area (Å²) in [5.74, 6) is -0.478. The highest BCUT2D eigenvalue weighted by molar-refractivity contribution is 7.47. The molecular formula is C43H83O12P. The van der Waals surface area contributed by atoms with Crippen molar-refractivity contribution in [2.24, 2.45) is 0 Å². The molecule has 56 heavy (non-hydrogen) atoms. The highest BCUT2D eigenvalue weighted by Crippen LogP contribution is 2.47. The molecular weight excluding hydrogens is 739 g/mol. The summed E-state index contributed by atoms with van der Waals surface area (Å²) in [4.78, 5) is 23.1. The summed E-state index contributed by atoms with van der Waals surface area (Å²) in [6, 6.07) is 0. The lowest BCUT2D eigenvalue weighted by Gasteiger charge is -2.41. The van der Waals surface area contributed by atoms with Crippen LogP contribution >= 0.6 is 7.82 Å². The summed E-state index contributed by atoms with van der Waals surface area (Å²) in [6.45, 7) is 4.25. The third-order valence-corrected chi connectivity index (χ3v) is 11.6. The number of aliphatic hydroxyl groups is 5. The zero-order valence-corrected chi connectivity index (χ0v) is 36.1. The van der Waals surface area contributed by atoms with Crippen molar-refractivity contribution in [1.82, 2.24) is 0 Å². The minimum Gasteiger partial charge on any atom is -0.457 e. The summed E-state index contributed by atoms with van der Waals surface area (Å²) in [7, 11) is -5.01. The Bertz CT molecular complexity index is 984. The van der Waals surface area contributed by atoms with Crippen LogP contribution in [0.1, 0.15) is 194 Å². The van der Waals surface area contributed by atoms with Crippen molar-refractivity contribution in [3.8, 4) is 0 Å². The summed E-state index contributed by atoms with van der Waals surface area (Å²) in [5, 5.41) is 50.1. The Labute approximate surface area is 339 Å². The van der Waals surface area contributed by atoms with E-state index in [1.807, 2.05) is 0 Å². The van der Waals surface area contributed by atoms with Gasteiger partial charge in [0.05, 0.1) is 13.2 Å². The molecule has 1 rings (SSSR count). The van der Waals surface area contributed by atoms with E-state index in [-0.39, 0.29) is 13.0 Å². The van der Waals surface area contributed by atoms with Gasteiger partial charge < -0.3 is 39.9 Å². The predicted octanol–water partition coefficient (Wildman–Crippen LogP) is 8.75. The standard InChI is InChI=1S/C43H83O12P/c1-3-5-7-9-11-13-15-16-17-18-19-20-21-22-23-24-26-28-30-32-37(44)54-36(34-52-33-31-29-27-25-14-12-10-8-6-4-2)35-53-56(50,51)55-43-41(48)39(46)38(45)40(47)42(43)49/h16-17,36,38-43,45-49H,3-15,18-35H2,1-2H3,(H,50,51)/b17-16-. The molecule has 0 saturated heterocycles. The van der Waals surface area contributed by atoms with Crippen LogP contribution in [-0.2, 0) is 27.9 Å². The van der Waals surface area contributed by atoms with Crippen molar-refractivity contribution < 1.29 is 58.3 Å². The molecule has 0 radical (unpaired) electrons. The number of phosphoric ester groups is 1. The van der Waals surface area contributed by atoms with Crippen molar-refractivity contribution in [1.29, 1.82) is 0 Å². The van der Waals surface area contributed by atoms with E-state index in [2.05, 4.69) is 26.0 Å². The van der Waals surface area contributed by atoms with E-state index in [1.54, 1.807) is 0 Å². The molecule has 0 heterocycles. The Morgan fingerprint density at radius 1 is 0.554 bits per heavy atom. The molecule has 6 atom stereocenters. The minimum atomic E-state index is -5.01. The first kappa shape index (κ1) is 53.1. The summed E-state index contributed by atoms with van der Waals surface area (Å²) in [5.41, 5.74) is 0. The smallest absolute Gasteiger partial charge is 0.457 e. The van der Waals surface area contributed by atoms with Gasteiger partial charge in [-0.15, -0.1) is 0 Å². The van der Waals surface area contributed by atoms with Crippen LogP contribution in [0.25, 0.3) is 0 Å². The molecule has 0 aliphatic heterocycles. The van der Waals surface area contributed by atoms with E-state index in [4.69, 9.17) is 18.5 Å². The van der Waals surface area contributed by atoms with Crippen molar-refractivity contribution >= 4 is 13.8 Å². The van der Waals surface area contributed by atoms with E-state index in [0.717, 1.165) is 38.5 Å². The maximum absolute atomic E-state index is 12.8. The predicted molar refractivity (Wildman–Crippen MR) is 221 cm³/mol. The second kappa shape index (κ2) is 34.9. The van der Waals surface area contributed by atoms with Gasteiger partial charge in [0.25, 0.3) is 0 Å². The van der Waals surface area contributed by atoms with Crippen LogP contribution < -0.4 is 0 Å². The van der Waals surface area contributed by atoms with Crippen molar-refractivity contribution in [3.63, 3.8) is 0 Å². The molecule has 0 amide bonds. The van der Waals surface area contributed by atoms with Gasteiger partial charge in [-0.2, -0.15) is 0 Å². The zero-order valence-electron chi connectivity index (χ0n) is 35.2. The fourth-order valence-electron chi connectivity index (χ4n) is 7.00. The highest BCUT2D eigenvalue weighted by atomic mass is 31.2. The Kier molecular flexibility index (Phi) is 33.1. The van der Waals surface area contributed by atoms with Crippen molar-refractivity contribution in [2.45, 2.75) is 236 Å². The first-order chi connectivity index (χ1) is 27.0. The van der Waals surface area contributed by atoms with Crippen molar-refractivity contribution in [2.75, 3.05) is 19.8 Å². The van der Waals surface area contributed by atoms with E-state index in [9.17, 15) is 39.8 Å². The average molecular weight is 823 g/mol. The molecule has 6 N–H and O–H groups in total. The van der Waals surface area contributed by atoms with Gasteiger partial charge in [0, 0.05) is 13.0 Å². The second-order valence-electron chi connectivity index (χ2n) is 15.9. The number of carbonyl (C=O) groups excluding carboxylic acids is 1. The maximum Gasteiger partial charge on any atom is 0.472 e. The Balaban J connectivity index is 2.36. The maximum atomic E-state index is 12.8. The molecule has 6 unspecified atom stereocenters. The molecule has 13 heteroatoms. The summed E-state index contributed by atoms with van der Waals surface area (Å²) < 4.78 is 34.1. The number of ether oxygens (including phenoxy) is 2. The molecule has 1 saturated carbocycles. The molecule has 0 aromatic heterocycles. The monoisotopic (exact) mass is 823 g/mol. The largest absolute Gasteiger partial charge is 0.472 e. The number of rotatable bonds is 38. The van der Waals surface area contributed by atoms with E-state index in [1.165, 1.54) is 128 Å². The minimum absolute atomic E-state index is 0.0725. The first-order valence-electron chi connectivity index (χ1n) is 22.5. The number of hydrogen-bond donors (Lipinski definition) is 6. The van der Waals surface area contributed by atoms with Crippen LogP contribution in [0, 0.1) is 0 Å². The Hall–Kier alpha value is -0.920. The molecule has 1 aliphatic rings. The Morgan fingerprint density at radius 3 is 1.41 bits per heavy atom. The number of allylic oxidation sites excluding steroid dienone is 2. The lowest BCUT2D eigenvalue weighted by atomic mass is 9.85. The zero-order chi connectivity index (χ0) is 41.3. The second-order valence-corrected chi connectivity index (χ2v) is 17.3. The van der Waals surface area contributed by atoms with Crippen LogP contribution in [0.15, 0.2) is 12.2 Å². The SMILES string of the molecule is CCCCCCCC/C=C\CCCCCCCCCCCC(=O)OC(COCCCCCCCCCCCC)COP(=O)(O)OC1C(O)C(O)C(O)C(O)C1O. The third-order valence-electron chi connectivity index (χ3n) is 10.6. The van der Waals surface area contributed by atoms with Crippen LogP contribution in [-0.4, -0.2) is 98.9 Å². The lowest BCUT2D eigenvalue weighted by Crippen LogP contribution is -2.64. The quantitative estimate of drug-likeness (QED) is 0.0150. The number of hydrogen-bond acceptors (Lipinski definition) is 11. The number of aliphatic hydroxyl groups excluding tert-OH is 5. The van der Waals surface area contributed by atoms with Gasteiger partial charge in [-0.1, -0.05) is 161 Å². The van der Waals surface area contributed by atoms with Gasteiger partial charge >= 0.3 is 13.8 Å². The lowest BCUT2D eigenvalue weighted by molar-refractivity contribution is -0.220. The van der Waals surface area contributed by atoms with E-state index >= 15 is 0 Å². The first-order valence-corrected chi connectivity index (χ1v) is 24.0. The molecule has 0 aromatic rings. The summed E-state index contributed by atoms with van der Waals surface area (Å²) in [6.07, 6.45) is 24.3. The number of unbranched alkanes of at least 4 members (excludes halogenated alkanes) is 24. The van der Waals surface area contributed by atoms with Gasteiger partial charge in [0.2, 0.25) is 0 Å². The molecule has 0 aromatic carbocycles. The fraction of sp³-hybridized carbons (Fsp3) is 0.930. The molecule has 12 nitrogen and oxygen atoms in total. The van der Waals surface area contributed by atoms with Gasteiger partial charge in [0.15, 0.2) is 0 Å². The Morgan fingerprint density at radius 2 is 0.946 bits per heavy atom. The number of carbonyl (C=O) groups is 1. The van der Waals surface area contributed by atoms with Gasteiger partial charge in [0.1, 0.15) is 42.7 Å². The van der Waals surface area contributed by atoms with Crippen LogP contribution in [0.5, 0.6) is 0 Å². The number of phosphoric acid groups is 1. The number of esters is 1. The summed E-state index contributed by atoms with van der Waals surface area (Å²) >= 11 is 0. The topological polar surface area (TPSA) is 192 Å². The average Bonchev–Trinajstić information content (AvgIpc) is 3.18. The van der Waals surface area contributed by atoms with Crippen LogP contribution in [0.4, 0.5) is 0 Å². The van der Waals surface area contributed by atoms with Crippen LogP contribution in [0.3, 0.4) is 0 Å². The molecule has 0 bridgehead atoms. The van der Waals surface area contributed by atoms with Crippen molar-refractivity contribution in [3.05, 3.63) is 12.2 Å². The van der Waals surface area contributed by atoms with E-state index < -0.39 is 63.1 Å². The molecule has 1 aliphatic carbocycles. The molecule has 332 valence electrons. The van der Waals surface area contributed by atoms with E-state index in [0.29, 0.717) is 13.0 Å². The van der Waals surface area contributed by atoms with Gasteiger partial charge in [-0.25, -0.2) is 4.57 Å². The highest BCUT2D eigenvalue weighted by Gasteiger charge is 2.51. The third kappa shape index (κ3) is 27.0. The van der Waals surface area contributed by atoms with Crippen LogP contribution in [0.2, 0.25) is 0 Å². The molecule has 1 fully saturated rings. The normalized spacial score (nSPS) is 23.1. The fourth-order valence-corrected chi connectivity index (χ4v) is 7.97.